The molecule has 1 fully saturated rings. The number of aliphatic carboxylic acids is 1. The Kier molecular flexibility index (Phi) is 8.06. The summed E-state index contributed by atoms with van der Waals surface area (Å²) in [6.07, 6.45) is 4.21. The van der Waals surface area contributed by atoms with E-state index in [9.17, 15) is 5.11 Å². The molecule has 1 saturated carbocycles. The van der Waals surface area contributed by atoms with E-state index in [4.69, 9.17) is 14.6 Å². The lowest BCUT2D eigenvalue weighted by atomic mass is 9.78. The molecule has 2 N–H and O–H groups in total. The summed E-state index contributed by atoms with van der Waals surface area (Å²) >= 11 is 0. The summed E-state index contributed by atoms with van der Waals surface area (Å²) in [6, 6.07) is 8.47. The molecular formula is C18H29NO4. The molecule has 0 aromatic heterocycles. The van der Waals surface area contributed by atoms with Crippen molar-refractivity contribution in [3.8, 4) is 5.75 Å². The van der Waals surface area contributed by atoms with Crippen LogP contribution in [0.15, 0.2) is 24.3 Å². The highest BCUT2D eigenvalue weighted by Gasteiger charge is 2.33. The molecule has 0 radical (unpaired) electrons. The first-order valence-corrected chi connectivity index (χ1v) is 8.04. The van der Waals surface area contributed by atoms with Crippen LogP contribution in [-0.4, -0.2) is 48.4 Å². The first-order valence-electron chi connectivity index (χ1n) is 8.04. The highest BCUT2D eigenvalue weighted by atomic mass is 16.5. The zero-order valence-corrected chi connectivity index (χ0v) is 14.5. The number of methoxy groups -OCH3 is 1. The number of carboxylic acids is 1. The number of benzene rings is 1. The highest BCUT2D eigenvalue weighted by molar-refractivity contribution is 5.62. The Morgan fingerprint density at radius 1 is 1.30 bits per heavy atom. The van der Waals surface area contributed by atoms with Gasteiger partial charge in [0.25, 0.3) is 5.97 Å². The van der Waals surface area contributed by atoms with E-state index in [1.54, 1.807) is 7.11 Å². The molecule has 2 rings (SSSR count). The molecule has 0 heterocycles. The Morgan fingerprint density at radius 2 is 1.91 bits per heavy atom. The van der Waals surface area contributed by atoms with Gasteiger partial charge >= 0.3 is 0 Å². The van der Waals surface area contributed by atoms with Gasteiger partial charge in [-0.15, -0.1) is 0 Å². The van der Waals surface area contributed by atoms with Crippen LogP contribution in [0.4, 0.5) is 0 Å². The van der Waals surface area contributed by atoms with Gasteiger partial charge in [-0.3, -0.25) is 4.79 Å². The van der Waals surface area contributed by atoms with Crippen LogP contribution in [0, 0.1) is 5.92 Å². The van der Waals surface area contributed by atoms with Gasteiger partial charge in [-0.2, -0.15) is 0 Å². The first kappa shape index (κ1) is 19.5. The van der Waals surface area contributed by atoms with Gasteiger partial charge in [-0.1, -0.05) is 25.0 Å². The van der Waals surface area contributed by atoms with E-state index in [0.29, 0.717) is 5.92 Å². The van der Waals surface area contributed by atoms with Crippen molar-refractivity contribution in [3.05, 3.63) is 29.8 Å². The average molecular weight is 323 g/mol. The van der Waals surface area contributed by atoms with E-state index in [0.717, 1.165) is 31.9 Å². The maximum atomic E-state index is 10.3. The Bertz CT molecular complexity index is 486. The standard InChI is InChI=1S/C16H25NO2.C2H4O2/c1-17(2)16(14-9-4-5-10-15(14)18)12-7-6-8-13(11-12)19-3;1-2(3)4/h6-8,11,14-16,18H,4-5,9-10H2,1-3H3;1H3,(H,3,4)/t14-,15+,16?;/m1./s1. The third-order valence-electron chi connectivity index (χ3n) is 4.18. The minimum atomic E-state index is -0.833. The minimum Gasteiger partial charge on any atom is -0.497 e. The Hall–Kier alpha value is -1.59. The largest absolute Gasteiger partial charge is 0.497 e. The van der Waals surface area contributed by atoms with Crippen LogP contribution >= 0.6 is 0 Å². The van der Waals surface area contributed by atoms with E-state index in [1.165, 1.54) is 12.0 Å². The number of carboxylic acid groups (broad SMARTS) is 1. The summed E-state index contributed by atoms with van der Waals surface area (Å²) in [7, 11) is 5.87. The Morgan fingerprint density at radius 3 is 2.43 bits per heavy atom. The summed E-state index contributed by atoms with van der Waals surface area (Å²) in [5.74, 6) is 0.366. The lowest BCUT2D eigenvalue weighted by Crippen LogP contribution is -2.36. The molecule has 5 heteroatoms. The monoisotopic (exact) mass is 323 g/mol. The van der Waals surface area contributed by atoms with E-state index in [1.807, 2.05) is 12.1 Å². The lowest BCUT2D eigenvalue weighted by molar-refractivity contribution is -0.134. The second-order valence-corrected chi connectivity index (χ2v) is 6.22. The van der Waals surface area contributed by atoms with Crippen molar-refractivity contribution in [1.29, 1.82) is 0 Å². The van der Waals surface area contributed by atoms with Crippen LogP contribution in [-0.2, 0) is 4.79 Å². The molecule has 1 aliphatic rings. The molecule has 0 saturated heterocycles. The van der Waals surface area contributed by atoms with Crippen molar-refractivity contribution in [3.63, 3.8) is 0 Å². The Balaban J connectivity index is 0.000000593. The van der Waals surface area contributed by atoms with Gasteiger partial charge in [0.1, 0.15) is 5.75 Å². The maximum Gasteiger partial charge on any atom is 0.300 e. The predicted octanol–water partition coefficient (Wildman–Crippen LogP) is 2.94. The van der Waals surface area contributed by atoms with Crippen LogP contribution in [0.1, 0.15) is 44.2 Å². The number of ether oxygens (including phenoxy) is 1. The van der Waals surface area contributed by atoms with Crippen LogP contribution in [0.2, 0.25) is 0 Å². The fraction of sp³-hybridized carbons (Fsp3) is 0.611. The highest BCUT2D eigenvalue weighted by Crippen LogP contribution is 2.38. The molecule has 3 atom stereocenters. The smallest absolute Gasteiger partial charge is 0.300 e. The molecular weight excluding hydrogens is 294 g/mol. The summed E-state index contributed by atoms with van der Waals surface area (Å²) in [5.41, 5.74) is 1.23. The topological polar surface area (TPSA) is 70.0 Å². The summed E-state index contributed by atoms with van der Waals surface area (Å²) in [6.45, 7) is 1.08. The SMILES string of the molecule is CC(=O)O.COc1cccc(C([C@@H]2CCCC[C@@H]2O)N(C)C)c1. The van der Waals surface area contributed by atoms with Crippen LogP contribution < -0.4 is 4.74 Å². The summed E-state index contributed by atoms with van der Waals surface area (Å²) in [4.78, 5) is 11.2. The number of rotatable bonds is 4. The second-order valence-electron chi connectivity index (χ2n) is 6.22. The predicted molar refractivity (Wildman–Crippen MR) is 90.7 cm³/mol. The van der Waals surface area contributed by atoms with E-state index in [2.05, 4.69) is 31.1 Å². The van der Waals surface area contributed by atoms with Crippen LogP contribution in [0.25, 0.3) is 0 Å². The summed E-state index contributed by atoms with van der Waals surface area (Å²) < 4.78 is 5.32. The minimum absolute atomic E-state index is 0.188. The maximum absolute atomic E-state index is 10.3. The molecule has 5 nitrogen and oxygen atoms in total. The van der Waals surface area contributed by atoms with Crippen molar-refractivity contribution in [2.45, 2.75) is 44.8 Å². The van der Waals surface area contributed by atoms with Crippen molar-refractivity contribution in [2.75, 3.05) is 21.2 Å². The van der Waals surface area contributed by atoms with Gasteiger partial charge in [-0.25, -0.2) is 0 Å². The molecule has 0 spiro atoms. The molecule has 130 valence electrons. The summed E-state index contributed by atoms with van der Waals surface area (Å²) in [5, 5.41) is 17.7. The molecule has 1 aliphatic carbocycles. The quantitative estimate of drug-likeness (QED) is 0.891. The molecule has 23 heavy (non-hydrogen) atoms. The number of aliphatic hydroxyl groups is 1. The number of hydrogen-bond donors (Lipinski definition) is 2. The molecule has 0 aliphatic heterocycles. The Labute approximate surface area is 138 Å². The number of carbonyl (C=O) groups is 1. The molecule has 1 unspecified atom stereocenters. The van der Waals surface area contributed by atoms with Gasteiger partial charge in [0.2, 0.25) is 0 Å². The molecule has 1 aromatic rings. The molecule has 0 bridgehead atoms. The van der Waals surface area contributed by atoms with Gasteiger partial charge in [-0.05, 0) is 44.6 Å². The fourth-order valence-electron chi connectivity index (χ4n) is 3.26. The third-order valence-corrected chi connectivity index (χ3v) is 4.18. The first-order chi connectivity index (χ1) is 10.9. The van der Waals surface area contributed by atoms with Gasteiger partial charge in [0.05, 0.1) is 13.2 Å². The third kappa shape index (κ3) is 6.20. The van der Waals surface area contributed by atoms with Gasteiger partial charge in [0, 0.05) is 18.9 Å². The van der Waals surface area contributed by atoms with E-state index < -0.39 is 5.97 Å². The average Bonchev–Trinajstić information content (AvgIpc) is 2.49. The normalized spacial score (nSPS) is 22.0. The fourth-order valence-corrected chi connectivity index (χ4v) is 3.26. The zero-order chi connectivity index (χ0) is 17.4. The van der Waals surface area contributed by atoms with Crippen molar-refractivity contribution in [1.82, 2.24) is 4.90 Å². The molecule has 0 amide bonds. The lowest BCUT2D eigenvalue weighted by Gasteiger charge is -2.38. The van der Waals surface area contributed by atoms with Crippen LogP contribution in [0.3, 0.4) is 0 Å². The van der Waals surface area contributed by atoms with Crippen molar-refractivity contribution in [2.24, 2.45) is 5.92 Å². The van der Waals surface area contributed by atoms with Gasteiger partial charge < -0.3 is 19.8 Å². The second kappa shape index (κ2) is 9.53. The van der Waals surface area contributed by atoms with E-state index >= 15 is 0 Å². The number of hydrogen-bond acceptors (Lipinski definition) is 4. The van der Waals surface area contributed by atoms with Crippen molar-refractivity contribution < 1.29 is 19.7 Å². The van der Waals surface area contributed by atoms with Crippen LogP contribution in [0.5, 0.6) is 5.75 Å². The zero-order valence-electron chi connectivity index (χ0n) is 14.5. The molecule has 1 aromatic carbocycles. The number of nitrogens with zero attached hydrogens (tertiary/aromatic N) is 1. The van der Waals surface area contributed by atoms with Crippen molar-refractivity contribution >= 4 is 5.97 Å². The van der Waals surface area contributed by atoms with Gasteiger partial charge in [0.15, 0.2) is 0 Å². The van der Waals surface area contributed by atoms with E-state index in [-0.39, 0.29) is 12.1 Å². The number of aliphatic hydroxyl groups excluding tert-OH is 1.